The van der Waals surface area contributed by atoms with E-state index < -0.39 is 0 Å². The van der Waals surface area contributed by atoms with Crippen LogP contribution in [0.1, 0.15) is 43.1 Å². The number of nitrogens with zero attached hydrogens (tertiary/aromatic N) is 3. The first-order valence-electron chi connectivity index (χ1n) is 11.1. The minimum atomic E-state index is 0.222. The van der Waals surface area contributed by atoms with Crippen molar-refractivity contribution in [2.75, 3.05) is 31.6 Å². The van der Waals surface area contributed by atoms with Crippen molar-refractivity contribution >= 4 is 5.69 Å². The smallest absolute Gasteiger partial charge is 0.119 e. The van der Waals surface area contributed by atoms with Gasteiger partial charge < -0.3 is 14.2 Å². The Hall–Kier alpha value is -2.72. The summed E-state index contributed by atoms with van der Waals surface area (Å²) in [6.45, 7) is 9.58. The zero-order chi connectivity index (χ0) is 20.9. The van der Waals surface area contributed by atoms with Crippen molar-refractivity contribution in [1.82, 2.24) is 9.47 Å². The third kappa shape index (κ3) is 4.24. The van der Waals surface area contributed by atoms with E-state index in [0.717, 1.165) is 44.9 Å². The zero-order valence-corrected chi connectivity index (χ0v) is 18.4. The lowest BCUT2D eigenvalue weighted by Crippen LogP contribution is -2.29. The van der Waals surface area contributed by atoms with Gasteiger partial charge in [0.1, 0.15) is 5.75 Å². The topological polar surface area (TPSA) is 20.6 Å². The van der Waals surface area contributed by atoms with Crippen LogP contribution in [0.2, 0.25) is 0 Å². The number of hydrogen-bond acceptors (Lipinski definition) is 3. The van der Waals surface area contributed by atoms with E-state index in [2.05, 4.69) is 89.0 Å². The normalized spacial score (nSPS) is 16.7. The predicted octanol–water partition coefficient (Wildman–Crippen LogP) is 5.34. The van der Waals surface area contributed by atoms with Gasteiger partial charge in [-0.2, -0.15) is 0 Å². The molecule has 0 spiro atoms. The van der Waals surface area contributed by atoms with Gasteiger partial charge in [-0.15, -0.1) is 0 Å². The Balaban J connectivity index is 1.65. The Bertz CT molecular complexity index is 943. The maximum Gasteiger partial charge on any atom is 0.119 e. The first-order chi connectivity index (χ1) is 14.7. The lowest BCUT2D eigenvalue weighted by molar-refractivity contribution is 0.220. The minimum absolute atomic E-state index is 0.222. The molecule has 2 aromatic carbocycles. The summed E-state index contributed by atoms with van der Waals surface area (Å²) in [5.74, 6) is 0.915. The van der Waals surface area contributed by atoms with E-state index in [0.29, 0.717) is 0 Å². The first-order valence-corrected chi connectivity index (χ1v) is 11.1. The standard InChI is InChI=1S/C26H33N3O/c1-4-27(5-2)23-14-12-21(13-15-23)20-29-18-8-17-28-16-7-11-25(28)26(29)22-9-6-10-24(19-22)30-3/h6-7,9-16,19,26H,4-5,8,17-18,20H2,1-3H3. The predicted molar refractivity (Wildman–Crippen MR) is 124 cm³/mol. The molecule has 1 aliphatic rings. The number of methoxy groups -OCH3 is 1. The highest BCUT2D eigenvalue weighted by atomic mass is 16.5. The average Bonchev–Trinajstić information content (AvgIpc) is 3.17. The molecule has 0 saturated carbocycles. The Labute approximate surface area is 180 Å². The number of hydrogen-bond donors (Lipinski definition) is 0. The molecule has 3 aromatic rings. The van der Waals surface area contributed by atoms with Crippen LogP contribution in [0.4, 0.5) is 5.69 Å². The summed E-state index contributed by atoms with van der Waals surface area (Å²) in [6, 6.07) is 22.3. The van der Waals surface area contributed by atoms with Crippen LogP contribution < -0.4 is 9.64 Å². The van der Waals surface area contributed by atoms with E-state index >= 15 is 0 Å². The second-order valence-electron chi connectivity index (χ2n) is 7.97. The second kappa shape index (κ2) is 9.40. The minimum Gasteiger partial charge on any atom is -0.497 e. The van der Waals surface area contributed by atoms with Crippen molar-refractivity contribution in [3.63, 3.8) is 0 Å². The summed E-state index contributed by atoms with van der Waals surface area (Å²) < 4.78 is 7.94. The van der Waals surface area contributed by atoms with Crippen LogP contribution in [0.5, 0.6) is 5.75 Å². The molecule has 4 heteroatoms. The van der Waals surface area contributed by atoms with Crippen LogP contribution in [0, 0.1) is 0 Å². The van der Waals surface area contributed by atoms with E-state index in [1.807, 2.05) is 6.07 Å². The van der Waals surface area contributed by atoms with Crippen LogP contribution in [0.25, 0.3) is 0 Å². The van der Waals surface area contributed by atoms with Crippen LogP contribution in [-0.4, -0.2) is 36.2 Å². The van der Waals surface area contributed by atoms with Crippen molar-refractivity contribution < 1.29 is 4.74 Å². The lowest BCUT2D eigenvalue weighted by atomic mass is 10.0. The summed E-state index contributed by atoms with van der Waals surface area (Å²) in [4.78, 5) is 5.00. The quantitative estimate of drug-likeness (QED) is 0.531. The monoisotopic (exact) mass is 403 g/mol. The number of aromatic nitrogens is 1. The number of aryl methyl sites for hydroxylation is 1. The molecule has 1 aromatic heterocycles. The molecule has 30 heavy (non-hydrogen) atoms. The SMILES string of the molecule is CCN(CC)c1ccc(CN2CCCn3cccc3C2c2cccc(OC)c2)cc1. The molecular formula is C26H33N3O. The Morgan fingerprint density at radius 1 is 0.967 bits per heavy atom. The summed E-state index contributed by atoms with van der Waals surface area (Å²) >= 11 is 0. The van der Waals surface area contributed by atoms with Gasteiger partial charge in [-0.1, -0.05) is 24.3 Å². The van der Waals surface area contributed by atoms with Gasteiger partial charge in [0.2, 0.25) is 0 Å². The van der Waals surface area contributed by atoms with Crippen molar-refractivity contribution in [1.29, 1.82) is 0 Å². The summed E-state index contributed by atoms with van der Waals surface area (Å²) in [5, 5.41) is 0. The van der Waals surface area contributed by atoms with E-state index in [1.165, 1.54) is 22.5 Å². The molecule has 1 aliphatic heterocycles. The molecule has 0 fully saturated rings. The first kappa shape index (κ1) is 20.5. The summed E-state index contributed by atoms with van der Waals surface area (Å²) in [5.41, 5.74) is 5.31. The molecular weight excluding hydrogens is 370 g/mol. The van der Waals surface area contributed by atoms with Crippen molar-refractivity contribution in [3.05, 3.63) is 83.7 Å². The molecule has 0 N–H and O–H groups in total. The van der Waals surface area contributed by atoms with Crippen molar-refractivity contribution in [3.8, 4) is 5.75 Å². The number of ether oxygens (including phenoxy) is 1. The van der Waals surface area contributed by atoms with Crippen LogP contribution in [0.15, 0.2) is 66.9 Å². The van der Waals surface area contributed by atoms with E-state index in [9.17, 15) is 0 Å². The largest absolute Gasteiger partial charge is 0.497 e. The van der Waals surface area contributed by atoms with E-state index in [-0.39, 0.29) is 6.04 Å². The molecule has 158 valence electrons. The molecule has 0 radical (unpaired) electrons. The molecule has 0 bridgehead atoms. The van der Waals surface area contributed by atoms with Crippen molar-refractivity contribution in [2.24, 2.45) is 0 Å². The highest BCUT2D eigenvalue weighted by Gasteiger charge is 2.27. The van der Waals surface area contributed by atoms with Gasteiger partial charge in [0.25, 0.3) is 0 Å². The maximum atomic E-state index is 5.53. The number of fused-ring (bicyclic) bond motifs is 1. The molecule has 0 aliphatic carbocycles. The number of rotatable bonds is 7. The fourth-order valence-electron chi connectivity index (χ4n) is 4.64. The average molecular weight is 404 g/mol. The Morgan fingerprint density at radius 3 is 2.50 bits per heavy atom. The Morgan fingerprint density at radius 2 is 1.77 bits per heavy atom. The fourth-order valence-corrected chi connectivity index (χ4v) is 4.64. The Kier molecular flexibility index (Phi) is 6.44. The van der Waals surface area contributed by atoms with Gasteiger partial charge in [-0.05, 0) is 67.8 Å². The van der Waals surface area contributed by atoms with Crippen LogP contribution in [0.3, 0.4) is 0 Å². The zero-order valence-electron chi connectivity index (χ0n) is 18.4. The molecule has 1 unspecified atom stereocenters. The molecule has 4 rings (SSSR count). The fraction of sp³-hybridized carbons (Fsp3) is 0.385. The van der Waals surface area contributed by atoms with E-state index in [4.69, 9.17) is 4.74 Å². The third-order valence-electron chi connectivity index (χ3n) is 6.21. The second-order valence-corrected chi connectivity index (χ2v) is 7.97. The van der Waals surface area contributed by atoms with Gasteiger partial charge >= 0.3 is 0 Å². The number of anilines is 1. The molecule has 2 heterocycles. The van der Waals surface area contributed by atoms with Gasteiger partial charge in [0.05, 0.1) is 13.2 Å². The van der Waals surface area contributed by atoms with Gasteiger partial charge in [-0.3, -0.25) is 4.90 Å². The maximum absolute atomic E-state index is 5.53. The third-order valence-corrected chi connectivity index (χ3v) is 6.21. The molecule has 4 nitrogen and oxygen atoms in total. The van der Waals surface area contributed by atoms with Gasteiger partial charge in [-0.25, -0.2) is 0 Å². The van der Waals surface area contributed by atoms with Crippen molar-refractivity contribution in [2.45, 2.75) is 39.4 Å². The van der Waals surface area contributed by atoms with Gasteiger partial charge in [0, 0.05) is 50.3 Å². The molecule has 1 atom stereocenters. The highest BCUT2D eigenvalue weighted by molar-refractivity contribution is 5.47. The van der Waals surface area contributed by atoms with Crippen LogP contribution in [-0.2, 0) is 13.1 Å². The lowest BCUT2D eigenvalue weighted by Gasteiger charge is -2.31. The van der Waals surface area contributed by atoms with Gasteiger partial charge in [0.15, 0.2) is 0 Å². The van der Waals surface area contributed by atoms with Crippen LogP contribution >= 0.6 is 0 Å². The molecule has 0 saturated heterocycles. The molecule has 0 amide bonds. The van der Waals surface area contributed by atoms with E-state index in [1.54, 1.807) is 7.11 Å². The highest BCUT2D eigenvalue weighted by Crippen LogP contribution is 2.34. The summed E-state index contributed by atoms with van der Waals surface area (Å²) in [6.07, 6.45) is 3.37. The number of benzene rings is 2. The summed E-state index contributed by atoms with van der Waals surface area (Å²) in [7, 11) is 1.74.